The number of hydrogen-bond donors (Lipinski definition) is 2. The summed E-state index contributed by atoms with van der Waals surface area (Å²) in [5.74, 6) is -0.177. The van der Waals surface area contributed by atoms with Crippen LogP contribution in [0.25, 0.3) is 0 Å². The van der Waals surface area contributed by atoms with Crippen molar-refractivity contribution >= 4 is 5.97 Å². The Morgan fingerprint density at radius 2 is 1.88 bits per heavy atom. The van der Waals surface area contributed by atoms with Gasteiger partial charge in [-0.2, -0.15) is 0 Å². The van der Waals surface area contributed by atoms with Gasteiger partial charge in [-0.3, -0.25) is 4.79 Å². The summed E-state index contributed by atoms with van der Waals surface area (Å²) in [5, 5.41) is 13.5. The minimum Gasteiger partial charge on any atom is -0.427 e. The van der Waals surface area contributed by atoms with Crippen molar-refractivity contribution in [3.8, 4) is 5.75 Å². The third-order valence-corrected chi connectivity index (χ3v) is 4.32. The van der Waals surface area contributed by atoms with Crippen molar-refractivity contribution in [1.29, 1.82) is 0 Å². The van der Waals surface area contributed by atoms with Crippen molar-refractivity contribution in [2.45, 2.75) is 45.3 Å². The number of ether oxygens (including phenoxy) is 1. The van der Waals surface area contributed by atoms with Gasteiger partial charge in [0.25, 0.3) is 0 Å². The topological polar surface area (TPSA) is 58.6 Å². The van der Waals surface area contributed by atoms with Crippen molar-refractivity contribution in [2.24, 2.45) is 0 Å². The van der Waals surface area contributed by atoms with Gasteiger partial charge in [0.05, 0.1) is 6.10 Å². The van der Waals surface area contributed by atoms with E-state index >= 15 is 0 Å². The highest BCUT2D eigenvalue weighted by Crippen LogP contribution is 2.17. The molecule has 2 aromatic carbocycles. The highest BCUT2D eigenvalue weighted by molar-refractivity contribution is 5.69. The highest BCUT2D eigenvalue weighted by Gasteiger charge is 2.14. The Labute approximate surface area is 154 Å². The third kappa shape index (κ3) is 6.24. The Balaban J connectivity index is 1.82. The fourth-order valence-corrected chi connectivity index (χ4v) is 2.82. The number of hydrogen-bond acceptors (Lipinski definition) is 4. The Morgan fingerprint density at radius 3 is 2.50 bits per heavy atom. The van der Waals surface area contributed by atoms with Gasteiger partial charge in [-0.1, -0.05) is 37.3 Å². The lowest BCUT2D eigenvalue weighted by molar-refractivity contribution is -0.131. The summed E-state index contributed by atoms with van der Waals surface area (Å²) in [5.41, 5.74) is 1.46. The van der Waals surface area contributed by atoms with Crippen LogP contribution in [-0.2, 0) is 11.2 Å². The molecule has 5 heteroatoms. The largest absolute Gasteiger partial charge is 0.427 e. The standard InChI is InChI=1S/C21H26FNO3/c1-3-17(23-14-21(25)19-6-4-5-7-20(19)22)11-8-16-9-12-18(13-10-16)26-15(2)24/h4-7,9-10,12-13,17,21,23,25H,3,8,11,14H2,1-2H3/t17-,21-/m1/s1. The molecule has 140 valence electrons. The molecule has 2 N–H and O–H groups in total. The van der Waals surface area contributed by atoms with Crippen molar-refractivity contribution in [3.05, 3.63) is 65.5 Å². The maximum Gasteiger partial charge on any atom is 0.308 e. The van der Waals surface area contributed by atoms with Gasteiger partial charge in [0.2, 0.25) is 0 Å². The van der Waals surface area contributed by atoms with Gasteiger partial charge in [0, 0.05) is 25.1 Å². The molecule has 26 heavy (non-hydrogen) atoms. The van der Waals surface area contributed by atoms with E-state index in [0.717, 1.165) is 24.8 Å². The number of aliphatic hydroxyl groups is 1. The minimum absolute atomic E-state index is 0.226. The molecule has 0 spiro atoms. The first-order chi connectivity index (χ1) is 12.5. The summed E-state index contributed by atoms with van der Waals surface area (Å²) in [4.78, 5) is 10.9. The number of aliphatic hydroxyl groups excluding tert-OH is 1. The molecule has 0 radical (unpaired) electrons. The SMILES string of the molecule is CC[C@H](CCc1ccc(OC(C)=O)cc1)NC[C@@H](O)c1ccccc1F. The van der Waals surface area contributed by atoms with E-state index < -0.39 is 6.10 Å². The molecular formula is C21H26FNO3. The molecule has 0 aliphatic carbocycles. The van der Waals surface area contributed by atoms with E-state index in [2.05, 4.69) is 12.2 Å². The smallest absolute Gasteiger partial charge is 0.308 e. The second-order valence-corrected chi connectivity index (χ2v) is 6.33. The lowest BCUT2D eigenvalue weighted by Gasteiger charge is -2.20. The lowest BCUT2D eigenvalue weighted by atomic mass is 10.0. The Hall–Kier alpha value is -2.24. The summed E-state index contributed by atoms with van der Waals surface area (Å²) < 4.78 is 18.7. The zero-order chi connectivity index (χ0) is 18.9. The molecule has 0 saturated carbocycles. The van der Waals surface area contributed by atoms with Crippen LogP contribution in [0, 0.1) is 5.82 Å². The van der Waals surface area contributed by atoms with Crippen molar-refractivity contribution < 1.29 is 19.0 Å². The van der Waals surface area contributed by atoms with Gasteiger partial charge in [-0.25, -0.2) is 4.39 Å². The summed E-state index contributed by atoms with van der Waals surface area (Å²) >= 11 is 0. The van der Waals surface area contributed by atoms with Crippen LogP contribution in [0.4, 0.5) is 4.39 Å². The van der Waals surface area contributed by atoms with Crippen LogP contribution in [-0.4, -0.2) is 23.7 Å². The lowest BCUT2D eigenvalue weighted by Crippen LogP contribution is -2.33. The van der Waals surface area contributed by atoms with Crippen LogP contribution in [0.1, 0.15) is 43.9 Å². The molecule has 0 aliphatic rings. The van der Waals surface area contributed by atoms with E-state index in [0.29, 0.717) is 17.9 Å². The summed E-state index contributed by atoms with van der Waals surface area (Å²) in [7, 11) is 0. The number of esters is 1. The monoisotopic (exact) mass is 359 g/mol. The maximum atomic E-state index is 13.7. The second kappa shape index (κ2) is 10.0. The fraction of sp³-hybridized carbons (Fsp3) is 0.381. The number of carbonyl (C=O) groups is 1. The first-order valence-corrected chi connectivity index (χ1v) is 8.92. The molecule has 0 unspecified atom stereocenters. The predicted octanol–water partition coefficient (Wildman–Crippen LogP) is 3.79. The molecule has 2 aromatic rings. The highest BCUT2D eigenvalue weighted by atomic mass is 19.1. The first-order valence-electron chi connectivity index (χ1n) is 8.92. The van der Waals surface area contributed by atoms with E-state index in [9.17, 15) is 14.3 Å². The molecule has 0 fully saturated rings. The molecule has 0 bridgehead atoms. The summed E-state index contributed by atoms with van der Waals surface area (Å²) in [6, 6.07) is 14.0. The van der Waals surface area contributed by atoms with Crippen molar-refractivity contribution in [3.63, 3.8) is 0 Å². The zero-order valence-corrected chi connectivity index (χ0v) is 15.2. The maximum absolute atomic E-state index is 13.7. The molecular weight excluding hydrogens is 333 g/mol. The predicted molar refractivity (Wildman–Crippen MR) is 99.5 cm³/mol. The minimum atomic E-state index is -0.867. The van der Waals surface area contributed by atoms with E-state index in [-0.39, 0.29) is 17.8 Å². The van der Waals surface area contributed by atoms with Gasteiger partial charge < -0.3 is 15.2 Å². The first kappa shape index (κ1) is 20.1. The van der Waals surface area contributed by atoms with Crippen LogP contribution in [0.3, 0.4) is 0 Å². The van der Waals surface area contributed by atoms with Gasteiger partial charge >= 0.3 is 5.97 Å². The third-order valence-electron chi connectivity index (χ3n) is 4.32. The Bertz CT molecular complexity index is 703. The molecule has 4 nitrogen and oxygen atoms in total. The quantitative estimate of drug-likeness (QED) is 0.528. The molecule has 0 aromatic heterocycles. The van der Waals surface area contributed by atoms with Crippen LogP contribution < -0.4 is 10.1 Å². The number of nitrogens with one attached hydrogen (secondary N) is 1. The Kier molecular flexibility index (Phi) is 7.75. The van der Waals surface area contributed by atoms with E-state index in [1.807, 2.05) is 12.1 Å². The molecule has 0 aliphatic heterocycles. The summed E-state index contributed by atoms with van der Waals surface area (Å²) in [6.45, 7) is 3.77. The van der Waals surface area contributed by atoms with Gasteiger partial charge in [-0.15, -0.1) is 0 Å². The van der Waals surface area contributed by atoms with Crippen LogP contribution >= 0.6 is 0 Å². The number of carbonyl (C=O) groups excluding carboxylic acids is 1. The van der Waals surface area contributed by atoms with Gasteiger partial charge in [0.1, 0.15) is 11.6 Å². The van der Waals surface area contributed by atoms with Crippen LogP contribution in [0.2, 0.25) is 0 Å². The van der Waals surface area contributed by atoms with E-state index in [1.54, 1.807) is 30.3 Å². The zero-order valence-electron chi connectivity index (χ0n) is 15.2. The van der Waals surface area contributed by atoms with Crippen LogP contribution in [0.5, 0.6) is 5.75 Å². The average molecular weight is 359 g/mol. The molecule has 0 amide bonds. The Morgan fingerprint density at radius 1 is 1.19 bits per heavy atom. The molecule has 2 atom stereocenters. The number of rotatable bonds is 9. The van der Waals surface area contributed by atoms with Crippen molar-refractivity contribution in [1.82, 2.24) is 5.32 Å². The number of halogens is 1. The molecule has 2 rings (SSSR count). The van der Waals surface area contributed by atoms with Gasteiger partial charge in [0.15, 0.2) is 0 Å². The number of benzene rings is 2. The normalized spacial score (nSPS) is 13.2. The molecule has 0 saturated heterocycles. The molecule has 0 heterocycles. The number of aryl methyl sites for hydroxylation is 1. The van der Waals surface area contributed by atoms with Gasteiger partial charge in [-0.05, 0) is 43.0 Å². The van der Waals surface area contributed by atoms with E-state index in [1.165, 1.54) is 13.0 Å². The van der Waals surface area contributed by atoms with Crippen LogP contribution in [0.15, 0.2) is 48.5 Å². The van der Waals surface area contributed by atoms with E-state index in [4.69, 9.17) is 4.74 Å². The summed E-state index contributed by atoms with van der Waals surface area (Å²) in [6.07, 6.45) is 1.80. The second-order valence-electron chi connectivity index (χ2n) is 6.33. The fourth-order valence-electron chi connectivity index (χ4n) is 2.82. The average Bonchev–Trinajstić information content (AvgIpc) is 2.63. The van der Waals surface area contributed by atoms with Crippen molar-refractivity contribution in [2.75, 3.05) is 6.54 Å².